The number of hydrogen-bond acceptors (Lipinski definition) is 3. The highest BCUT2D eigenvalue weighted by Gasteiger charge is 2.21. The van der Waals surface area contributed by atoms with E-state index in [1.54, 1.807) is 7.11 Å². The van der Waals surface area contributed by atoms with Gasteiger partial charge < -0.3 is 15.4 Å². The maximum absolute atomic E-state index is 12.7. The zero-order chi connectivity index (χ0) is 18.2. The number of likely N-dealkylation sites (N-methyl/N-ethyl adjacent to an activating group) is 1. The summed E-state index contributed by atoms with van der Waals surface area (Å²) in [6, 6.07) is 17.6. The Balaban J connectivity index is 1.97. The molecule has 0 fully saturated rings. The van der Waals surface area contributed by atoms with Gasteiger partial charge in [-0.05, 0) is 43.5 Å². The van der Waals surface area contributed by atoms with Gasteiger partial charge in [-0.25, -0.2) is 0 Å². The minimum absolute atomic E-state index is 0.0971. The van der Waals surface area contributed by atoms with Gasteiger partial charge in [0.15, 0.2) is 0 Å². The quantitative estimate of drug-likeness (QED) is 0.799. The highest BCUT2D eigenvalue weighted by Crippen LogP contribution is 2.18. The molecule has 0 saturated carbocycles. The summed E-state index contributed by atoms with van der Waals surface area (Å²) in [4.78, 5) is 14.6. The highest BCUT2D eigenvalue weighted by molar-refractivity contribution is 5.77. The average molecular weight is 340 g/mol. The van der Waals surface area contributed by atoms with E-state index in [9.17, 15) is 4.79 Å². The SMILES string of the molecule is CCN(C(=O)CC(N)c1ccccc1)C(C)Cc1ccc(OC)cc1. The van der Waals surface area contributed by atoms with E-state index in [0.29, 0.717) is 13.0 Å². The molecule has 134 valence electrons. The van der Waals surface area contributed by atoms with Gasteiger partial charge in [-0.1, -0.05) is 42.5 Å². The van der Waals surface area contributed by atoms with Gasteiger partial charge in [0.2, 0.25) is 5.91 Å². The zero-order valence-electron chi connectivity index (χ0n) is 15.3. The van der Waals surface area contributed by atoms with E-state index >= 15 is 0 Å². The number of rotatable bonds is 8. The van der Waals surface area contributed by atoms with E-state index in [4.69, 9.17) is 10.5 Å². The summed E-state index contributed by atoms with van der Waals surface area (Å²) < 4.78 is 5.19. The number of ether oxygens (including phenoxy) is 1. The first-order valence-corrected chi connectivity index (χ1v) is 8.78. The van der Waals surface area contributed by atoms with Crippen LogP contribution in [0.2, 0.25) is 0 Å². The summed E-state index contributed by atoms with van der Waals surface area (Å²) in [6.07, 6.45) is 1.13. The number of amides is 1. The molecule has 0 radical (unpaired) electrons. The van der Waals surface area contributed by atoms with Crippen molar-refractivity contribution >= 4 is 5.91 Å². The summed E-state index contributed by atoms with van der Waals surface area (Å²) >= 11 is 0. The molecule has 0 aliphatic carbocycles. The normalized spacial score (nSPS) is 13.1. The maximum Gasteiger partial charge on any atom is 0.224 e. The summed E-state index contributed by atoms with van der Waals surface area (Å²) in [5, 5.41) is 0. The molecule has 4 heteroatoms. The van der Waals surface area contributed by atoms with Crippen LogP contribution in [0.1, 0.15) is 37.4 Å². The molecule has 2 aromatic carbocycles. The molecule has 2 N–H and O–H groups in total. The lowest BCUT2D eigenvalue weighted by molar-refractivity contribution is -0.133. The van der Waals surface area contributed by atoms with Gasteiger partial charge in [-0.15, -0.1) is 0 Å². The molecule has 0 aromatic heterocycles. The standard InChI is InChI=1S/C21H28N2O2/c1-4-23(16(2)14-17-10-12-19(25-3)13-11-17)21(24)15-20(22)18-8-6-5-7-9-18/h5-13,16,20H,4,14-15,22H2,1-3H3. The lowest BCUT2D eigenvalue weighted by atomic mass is 10.0. The van der Waals surface area contributed by atoms with E-state index in [0.717, 1.165) is 17.7 Å². The van der Waals surface area contributed by atoms with Crippen molar-refractivity contribution in [3.8, 4) is 5.75 Å². The van der Waals surface area contributed by atoms with Gasteiger partial charge in [0.1, 0.15) is 5.75 Å². The van der Waals surface area contributed by atoms with Crippen molar-refractivity contribution in [1.82, 2.24) is 4.90 Å². The second-order valence-electron chi connectivity index (χ2n) is 6.30. The Labute approximate surface area is 150 Å². The Kier molecular flexibility index (Phi) is 7.02. The fourth-order valence-electron chi connectivity index (χ4n) is 3.07. The Hall–Kier alpha value is -2.33. The van der Waals surface area contributed by atoms with Crippen molar-refractivity contribution in [3.63, 3.8) is 0 Å². The molecule has 4 nitrogen and oxygen atoms in total. The van der Waals surface area contributed by atoms with Gasteiger partial charge in [-0.2, -0.15) is 0 Å². The summed E-state index contributed by atoms with van der Waals surface area (Å²) in [7, 11) is 1.66. The fourth-order valence-corrected chi connectivity index (χ4v) is 3.07. The predicted molar refractivity (Wildman–Crippen MR) is 102 cm³/mol. The minimum Gasteiger partial charge on any atom is -0.497 e. The molecule has 0 spiro atoms. The van der Waals surface area contributed by atoms with Crippen molar-refractivity contribution < 1.29 is 9.53 Å². The van der Waals surface area contributed by atoms with Gasteiger partial charge in [0, 0.05) is 25.0 Å². The molecule has 2 aromatic rings. The molecular formula is C21H28N2O2. The Morgan fingerprint density at radius 3 is 2.32 bits per heavy atom. The second kappa shape index (κ2) is 9.23. The Morgan fingerprint density at radius 2 is 1.76 bits per heavy atom. The summed E-state index contributed by atoms with van der Waals surface area (Å²) in [6.45, 7) is 4.77. The van der Waals surface area contributed by atoms with Gasteiger partial charge in [-0.3, -0.25) is 4.79 Å². The maximum atomic E-state index is 12.7. The van der Waals surface area contributed by atoms with E-state index < -0.39 is 0 Å². The van der Waals surface area contributed by atoms with E-state index in [1.165, 1.54) is 5.56 Å². The van der Waals surface area contributed by atoms with Crippen LogP contribution in [0, 0.1) is 0 Å². The third kappa shape index (κ3) is 5.33. The van der Waals surface area contributed by atoms with Crippen LogP contribution in [-0.2, 0) is 11.2 Å². The smallest absolute Gasteiger partial charge is 0.224 e. The van der Waals surface area contributed by atoms with Crippen molar-refractivity contribution in [1.29, 1.82) is 0 Å². The Bertz CT molecular complexity index is 655. The molecule has 1 amide bonds. The first-order chi connectivity index (χ1) is 12.0. The molecule has 0 heterocycles. The van der Waals surface area contributed by atoms with Gasteiger partial charge >= 0.3 is 0 Å². The van der Waals surface area contributed by atoms with Gasteiger partial charge in [0.05, 0.1) is 7.11 Å². The molecule has 0 aliphatic rings. The molecule has 2 rings (SSSR count). The molecular weight excluding hydrogens is 312 g/mol. The van der Waals surface area contributed by atoms with Gasteiger partial charge in [0.25, 0.3) is 0 Å². The monoisotopic (exact) mass is 340 g/mol. The first kappa shape index (κ1) is 19.0. The molecule has 0 aliphatic heterocycles. The second-order valence-corrected chi connectivity index (χ2v) is 6.30. The minimum atomic E-state index is -0.268. The molecule has 0 saturated heterocycles. The number of benzene rings is 2. The molecule has 2 unspecified atom stereocenters. The van der Waals surface area contributed by atoms with Crippen LogP contribution in [-0.4, -0.2) is 30.5 Å². The molecule has 2 atom stereocenters. The van der Waals surface area contributed by atoms with Crippen LogP contribution in [0.5, 0.6) is 5.75 Å². The predicted octanol–water partition coefficient (Wildman–Crippen LogP) is 3.56. The third-order valence-electron chi connectivity index (χ3n) is 4.51. The average Bonchev–Trinajstić information content (AvgIpc) is 2.63. The fraction of sp³-hybridized carbons (Fsp3) is 0.381. The van der Waals surface area contributed by atoms with Crippen LogP contribution in [0.15, 0.2) is 54.6 Å². The largest absolute Gasteiger partial charge is 0.497 e. The third-order valence-corrected chi connectivity index (χ3v) is 4.51. The number of hydrogen-bond donors (Lipinski definition) is 1. The lowest BCUT2D eigenvalue weighted by Crippen LogP contribution is -2.40. The van der Waals surface area contributed by atoms with Crippen molar-refractivity contribution in [2.75, 3.05) is 13.7 Å². The van der Waals surface area contributed by atoms with Crippen molar-refractivity contribution in [2.24, 2.45) is 5.73 Å². The molecule has 25 heavy (non-hydrogen) atoms. The van der Waals surface area contributed by atoms with E-state index in [-0.39, 0.29) is 18.0 Å². The zero-order valence-corrected chi connectivity index (χ0v) is 15.3. The summed E-state index contributed by atoms with van der Waals surface area (Å²) in [5.74, 6) is 0.938. The van der Waals surface area contributed by atoms with Crippen molar-refractivity contribution in [2.45, 2.75) is 38.8 Å². The van der Waals surface area contributed by atoms with E-state index in [2.05, 4.69) is 6.92 Å². The number of nitrogens with two attached hydrogens (primary N) is 1. The first-order valence-electron chi connectivity index (χ1n) is 8.78. The number of carbonyl (C=O) groups is 1. The lowest BCUT2D eigenvalue weighted by Gasteiger charge is -2.29. The van der Waals surface area contributed by atoms with Crippen molar-refractivity contribution in [3.05, 3.63) is 65.7 Å². The Morgan fingerprint density at radius 1 is 1.12 bits per heavy atom. The topological polar surface area (TPSA) is 55.6 Å². The van der Waals surface area contributed by atoms with Crippen LogP contribution in [0.3, 0.4) is 0 Å². The number of carbonyl (C=O) groups excluding carboxylic acids is 1. The highest BCUT2D eigenvalue weighted by atomic mass is 16.5. The summed E-state index contributed by atoms with van der Waals surface area (Å²) in [5.41, 5.74) is 8.39. The number of nitrogens with zero attached hydrogens (tertiary/aromatic N) is 1. The van der Waals surface area contributed by atoms with Crippen LogP contribution in [0.25, 0.3) is 0 Å². The van der Waals surface area contributed by atoms with E-state index in [1.807, 2.05) is 66.4 Å². The molecule has 0 bridgehead atoms. The number of methoxy groups -OCH3 is 1. The van der Waals surface area contributed by atoms with Crippen LogP contribution in [0.4, 0.5) is 0 Å². The van der Waals surface area contributed by atoms with Crippen LogP contribution >= 0.6 is 0 Å². The van der Waals surface area contributed by atoms with Crippen LogP contribution < -0.4 is 10.5 Å².